The first-order valence-electron chi connectivity index (χ1n) is 10.7. The van der Waals surface area contributed by atoms with E-state index in [1.165, 1.54) is 0 Å². The van der Waals surface area contributed by atoms with Crippen molar-refractivity contribution in [3.8, 4) is 0 Å². The summed E-state index contributed by atoms with van der Waals surface area (Å²) >= 11 is 5.84. The Bertz CT molecular complexity index is 1040. The van der Waals surface area contributed by atoms with Gasteiger partial charge in [0.1, 0.15) is 11.2 Å². The van der Waals surface area contributed by atoms with Gasteiger partial charge in [-0.15, -0.1) is 0 Å². The molecule has 14 heteroatoms. The molecule has 1 heterocycles. The highest BCUT2D eigenvalue weighted by molar-refractivity contribution is 6.38. The van der Waals surface area contributed by atoms with Gasteiger partial charge in [-0.1, -0.05) is 11.6 Å². The molecular weight excluding hydrogens is 503 g/mol. The van der Waals surface area contributed by atoms with Crippen LogP contribution in [0.3, 0.4) is 0 Å². The summed E-state index contributed by atoms with van der Waals surface area (Å²) < 4.78 is 66.6. The normalized spacial score (nSPS) is 17.8. The average Bonchev–Trinajstić information content (AvgIpc) is 3.64. The first-order valence-corrected chi connectivity index (χ1v) is 11.1. The molecular formula is C21H22ClF5N4O4. The number of nitrogens with zero attached hydrogens (tertiary/aromatic N) is 1. The molecule has 0 spiro atoms. The Labute approximate surface area is 201 Å². The van der Waals surface area contributed by atoms with Gasteiger partial charge in [0.25, 0.3) is 11.8 Å². The first-order chi connectivity index (χ1) is 16.1. The van der Waals surface area contributed by atoms with Crippen molar-refractivity contribution < 1.29 is 41.1 Å². The Kier molecular flexibility index (Phi) is 7.39. The highest BCUT2D eigenvalue weighted by Crippen LogP contribution is 2.58. The lowest BCUT2D eigenvalue weighted by atomic mass is 10.0. The number of alkyl halides is 5. The predicted molar refractivity (Wildman–Crippen MR) is 113 cm³/mol. The number of carbonyl (C=O) groups is 4. The summed E-state index contributed by atoms with van der Waals surface area (Å²) in [6, 6.07) is -0.898. The van der Waals surface area contributed by atoms with Gasteiger partial charge in [0.15, 0.2) is 0 Å². The molecule has 1 aromatic rings. The molecule has 0 aliphatic heterocycles. The third kappa shape index (κ3) is 6.65. The van der Waals surface area contributed by atoms with Crippen LogP contribution in [0.5, 0.6) is 0 Å². The van der Waals surface area contributed by atoms with Crippen molar-refractivity contribution in [3.05, 3.63) is 22.8 Å². The van der Waals surface area contributed by atoms with Crippen LogP contribution in [0.15, 0.2) is 12.3 Å². The van der Waals surface area contributed by atoms with E-state index in [4.69, 9.17) is 11.6 Å². The largest absolute Gasteiger partial charge is 0.403 e. The van der Waals surface area contributed by atoms with Crippen molar-refractivity contribution >= 4 is 40.9 Å². The fourth-order valence-corrected chi connectivity index (χ4v) is 3.41. The van der Waals surface area contributed by atoms with Crippen LogP contribution in [-0.2, 0) is 14.4 Å². The van der Waals surface area contributed by atoms with Crippen LogP contribution in [0.4, 0.5) is 27.8 Å². The number of pyridine rings is 1. The molecule has 192 valence electrons. The second-order valence-electron chi connectivity index (χ2n) is 8.83. The van der Waals surface area contributed by atoms with Gasteiger partial charge in [-0.2, -0.15) is 13.2 Å². The Morgan fingerprint density at radius 2 is 1.80 bits per heavy atom. The van der Waals surface area contributed by atoms with E-state index in [0.29, 0.717) is 19.8 Å². The maximum atomic E-state index is 13.4. The number of nitrogens with one attached hydrogen (secondary N) is 3. The van der Waals surface area contributed by atoms with Gasteiger partial charge >= 0.3 is 6.18 Å². The Morgan fingerprint density at radius 3 is 2.31 bits per heavy atom. The number of halogens is 6. The zero-order chi connectivity index (χ0) is 26.2. The molecule has 2 saturated carbocycles. The number of ketones is 1. The Balaban J connectivity index is 1.81. The third-order valence-electron chi connectivity index (χ3n) is 5.69. The van der Waals surface area contributed by atoms with Gasteiger partial charge in [-0.3, -0.25) is 19.2 Å². The molecule has 0 saturated heterocycles. The minimum atomic E-state index is -4.82. The van der Waals surface area contributed by atoms with E-state index in [1.54, 1.807) is 0 Å². The SMILES string of the molecule is CC(F)(F)CC[C@H](NC(=O)c1cc(Cl)cnc1NC(=O)C1(C(F)(F)F)CC1)C(=O)C(=O)NC1CC1. The van der Waals surface area contributed by atoms with Crippen molar-refractivity contribution in [1.29, 1.82) is 0 Å². The smallest absolute Gasteiger partial charge is 0.347 e. The van der Waals surface area contributed by atoms with Crippen molar-refractivity contribution in [2.45, 2.75) is 69.6 Å². The van der Waals surface area contributed by atoms with Crippen LogP contribution < -0.4 is 16.0 Å². The minimum Gasteiger partial charge on any atom is -0.347 e. The molecule has 2 aliphatic rings. The number of carbonyl (C=O) groups excluding carboxylic acids is 4. The molecule has 2 aliphatic carbocycles. The van der Waals surface area contributed by atoms with Crippen molar-refractivity contribution in [1.82, 2.24) is 15.6 Å². The minimum absolute atomic E-state index is 0.125. The quantitative estimate of drug-likeness (QED) is 0.320. The van der Waals surface area contributed by atoms with E-state index in [9.17, 15) is 41.1 Å². The van der Waals surface area contributed by atoms with Crippen molar-refractivity contribution in [2.24, 2.45) is 5.41 Å². The Hall–Kier alpha value is -2.83. The predicted octanol–water partition coefficient (Wildman–Crippen LogP) is 3.40. The van der Waals surface area contributed by atoms with E-state index < -0.39 is 84.1 Å². The summed E-state index contributed by atoms with van der Waals surface area (Å²) in [6.07, 6.45) is -4.84. The Morgan fingerprint density at radius 1 is 1.17 bits per heavy atom. The molecule has 0 bridgehead atoms. The second kappa shape index (κ2) is 9.67. The average molecular weight is 525 g/mol. The number of hydrogen-bond acceptors (Lipinski definition) is 5. The molecule has 3 amide bonds. The zero-order valence-electron chi connectivity index (χ0n) is 18.4. The van der Waals surface area contributed by atoms with Gasteiger partial charge in [0, 0.05) is 18.7 Å². The number of amides is 3. The van der Waals surface area contributed by atoms with E-state index in [1.807, 2.05) is 5.32 Å². The van der Waals surface area contributed by atoms with Gasteiger partial charge < -0.3 is 16.0 Å². The van der Waals surface area contributed by atoms with Crippen LogP contribution in [0.25, 0.3) is 0 Å². The standard InChI is InChI=1S/C21H22ClF5N4O4/c1-19(23,24)5-4-13(14(32)17(34)29-11-2-3-11)30-16(33)12-8-10(22)9-28-15(12)31-18(35)20(6-7-20)21(25,26)27/h8-9,11,13H,2-7H2,1H3,(H,29,34)(H,30,33)(H,28,31,35)/t13-/m0/s1. The fourth-order valence-electron chi connectivity index (χ4n) is 3.25. The summed E-state index contributed by atoms with van der Waals surface area (Å²) in [5, 5.41) is 6.40. The van der Waals surface area contributed by atoms with Gasteiger partial charge in [-0.05, 0) is 45.1 Å². The van der Waals surface area contributed by atoms with Gasteiger partial charge in [0.05, 0.1) is 16.6 Å². The molecule has 0 radical (unpaired) electrons. The topological polar surface area (TPSA) is 117 Å². The molecule has 3 rings (SSSR count). The van der Waals surface area contributed by atoms with Crippen LogP contribution in [0.1, 0.15) is 55.8 Å². The van der Waals surface area contributed by atoms with Crippen LogP contribution >= 0.6 is 11.6 Å². The van der Waals surface area contributed by atoms with E-state index in [0.717, 1.165) is 12.3 Å². The van der Waals surface area contributed by atoms with Crippen molar-refractivity contribution in [3.63, 3.8) is 0 Å². The molecule has 8 nitrogen and oxygen atoms in total. The summed E-state index contributed by atoms with van der Waals surface area (Å²) in [7, 11) is 0. The maximum Gasteiger partial charge on any atom is 0.403 e. The first kappa shape index (κ1) is 26.8. The molecule has 0 aromatic carbocycles. The lowest BCUT2D eigenvalue weighted by Crippen LogP contribution is -2.48. The lowest BCUT2D eigenvalue weighted by molar-refractivity contribution is -0.189. The molecule has 1 aromatic heterocycles. The van der Waals surface area contributed by atoms with Gasteiger partial charge in [0.2, 0.25) is 17.6 Å². The highest BCUT2D eigenvalue weighted by Gasteiger charge is 2.68. The molecule has 0 unspecified atom stereocenters. The van der Waals surface area contributed by atoms with E-state index in [2.05, 4.69) is 15.6 Å². The lowest BCUT2D eigenvalue weighted by Gasteiger charge is -2.21. The summed E-state index contributed by atoms with van der Waals surface area (Å²) in [5.74, 6) is -8.56. The molecule has 35 heavy (non-hydrogen) atoms. The van der Waals surface area contributed by atoms with Crippen LogP contribution in [0, 0.1) is 5.41 Å². The second-order valence-corrected chi connectivity index (χ2v) is 9.27. The maximum absolute atomic E-state index is 13.4. The number of aromatic nitrogens is 1. The van der Waals surface area contributed by atoms with E-state index >= 15 is 0 Å². The van der Waals surface area contributed by atoms with Crippen LogP contribution in [0.2, 0.25) is 5.02 Å². The highest BCUT2D eigenvalue weighted by atomic mass is 35.5. The summed E-state index contributed by atoms with van der Waals surface area (Å²) in [6.45, 7) is 0.601. The fraction of sp³-hybridized carbons (Fsp3) is 0.571. The number of Topliss-reactive ketones (excluding diaryl/α,β-unsaturated/α-hetero) is 1. The van der Waals surface area contributed by atoms with Crippen molar-refractivity contribution in [2.75, 3.05) is 5.32 Å². The number of hydrogen-bond donors (Lipinski definition) is 3. The molecule has 3 N–H and O–H groups in total. The van der Waals surface area contributed by atoms with E-state index in [-0.39, 0.29) is 11.1 Å². The molecule has 1 atom stereocenters. The third-order valence-corrected chi connectivity index (χ3v) is 5.90. The van der Waals surface area contributed by atoms with Gasteiger partial charge in [-0.25, -0.2) is 13.8 Å². The molecule has 2 fully saturated rings. The summed E-state index contributed by atoms with van der Waals surface area (Å²) in [5.41, 5.74) is -3.11. The number of anilines is 1. The number of rotatable bonds is 10. The van der Waals surface area contributed by atoms with Crippen LogP contribution in [-0.4, -0.2) is 52.7 Å². The monoisotopic (exact) mass is 524 g/mol. The zero-order valence-corrected chi connectivity index (χ0v) is 19.2. The summed E-state index contributed by atoms with van der Waals surface area (Å²) in [4.78, 5) is 53.6.